The number of nitrogens with two attached hydrogens (primary N) is 1. The maximum atomic E-state index is 10.7. The van der Waals surface area contributed by atoms with E-state index in [4.69, 9.17) is 15.2 Å². The molecule has 1 aromatic carbocycles. The first-order valence-corrected chi connectivity index (χ1v) is 4.50. The molecule has 0 spiro atoms. The lowest BCUT2D eigenvalue weighted by molar-refractivity contribution is -0.138. The maximum absolute atomic E-state index is 10.7. The molecule has 0 heterocycles. The van der Waals surface area contributed by atoms with Crippen LogP contribution in [-0.2, 0) is 9.53 Å². The van der Waals surface area contributed by atoms with Crippen LogP contribution in [0.1, 0.15) is 0 Å². The number of carbonyl (C=O) groups is 1. The fourth-order valence-corrected chi connectivity index (χ4v) is 0.965. The van der Waals surface area contributed by atoms with E-state index in [1.165, 1.54) is 0 Å². The molecular weight excluding hydrogens is 194 g/mol. The van der Waals surface area contributed by atoms with Crippen LogP contribution >= 0.6 is 0 Å². The smallest absolute Gasteiger partial charge is 0.330 e. The highest BCUT2D eigenvalue weighted by atomic mass is 16.6. The molecule has 4 nitrogen and oxygen atoms in total. The molecule has 15 heavy (non-hydrogen) atoms. The summed E-state index contributed by atoms with van der Waals surface area (Å²) in [5.74, 6) is 0.204. The molecule has 0 aliphatic heterocycles. The van der Waals surface area contributed by atoms with Crippen molar-refractivity contribution in [3.8, 4) is 5.75 Å². The average Bonchev–Trinajstić information content (AvgIpc) is 2.24. The molecule has 0 saturated carbocycles. The van der Waals surface area contributed by atoms with Crippen LogP contribution < -0.4 is 10.5 Å². The Kier molecular flexibility index (Phi) is 4.22. The first kappa shape index (κ1) is 11.1. The molecule has 0 bridgehead atoms. The van der Waals surface area contributed by atoms with Crippen LogP contribution in [0.5, 0.6) is 5.75 Å². The second-order valence-corrected chi connectivity index (χ2v) is 2.79. The predicted molar refractivity (Wildman–Crippen MR) is 57.5 cm³/mol. The van der Waals surface area contributed by atoms with Gasteiger partial charge in [-0.3, -0.25) is 0 Å². The van der Waals surface area contributed by atoms with E-state index in [0.717, 1.165) is 6.08 Å². The molecule has 4 heteroatoms. The first-order valence-electron chi connectivity index (χ1n) is 4.50. The zero-order valence-electron chi connectivity index (χ0n) is 8.31. The van der Waals surface area contributed by atoms with Crippen molar-refractivity contribution in [1.29, 1.82) is 0 Å². The molecule has 0 amide bonds. The molecule has 2 N–H and O–H groups in total. The Hall–Kier alpha value is -1.97. The van der Waals surface area contributed by atoms with Crippen molar-refractivity contribution < 1.29 is 14.3 Å². The number of benzene rings is 1. The fraction of sp³-hybridized carbons (Fsp3) is 0.182. The number of rotatable bonds is 5. The maximum Gasteiger partial charge on any atom is 0.330 e. The molecule has 0 unspecified atom stereocenters. The van der Waals surface area contributed by atoms with Gasteiger partial charge in [0.25, 0.3) is 0 Å². The van der Waals surface area contributed by atoms with Crippen LogP contribution in [0.25, 0.3) is 0 Å². The average molecular weight is 207 g/mol. The van der Waals surface area contributed by atoms with E-state index in [9.17, 15) is 4.79 Å². The third kappa shape index (κ3) is 4.17. The van der Waals surface area contributed by atoms with Crippen molar-refractivity contribution >= 4 is 11.7 Å². The molecule has 0 aromatic heterocycles. The third-order valence-corrected chi connectivity index (χ3v) is 1.62. The lowest BCUT2D eigenvalue weighted by Crippen LogP contribution is -2.10. The Morgan fingerprint density at radius 2 is 2.27 bits per heavy atom. The zero-order chi connectivity index (χ0) is 11.1. The van der Waals surface area contributed by atoms with Crippen LogP contribution in [0.15, 0.2) is 36.9 Å². The summed E-state index contributed by atoms with van der Waals surface area (Å²) in [4.78, 5) is 10.7. The van der Waals surface area contributed by atoms with E-state index in [-0.39, 0.29) is 6.61 Å². The molecule has 0 saturated heterocycles. The number of anilines is 1. The second kappa shape index (κ2) is 5.70. The SMILES string of the molecule is C=CC(=O)OCCOc1cccc(N)c1. The minimum Gasteiger partial charge on any atom is -0.490 e. The van der Waals surface area contributed by atoms with Gasteiger partial charge < -0.3 is 15.2 Å². The van der Waals surface area contributed by atoms with Crippen LogP contribution in [0.3, 0.4) is 0 Å². The number of nitrogen functional groups attached to an aromatic ring is 1. The summed E-state index contributed by atoms with van der Waals surface area (Å²) in [6, 6.07) is 7.05. The molecule has 1 aromatic rings. The van der Waals surface area contributed by atoms with Crippen molar-refractivity contribution in [1.82, 2.24) is 0 Å². The normalized spacial score (nSPS) is 9.33. The highest BCUT2D eigenvalue weighted by molar-refractivity contribution is 5.81. The van der Waals surface area contributed by atoms with Gasteiger partial charge in [0.2, 0.25) is 0 Å². The molecule has 0 aliphatic rings. The minimum absolute atomic E-state index is 0.194. The summed E-state index contributed by atoms with van der Waals surface area (Å²) < 4.78 is 10.0. The highest BCUT2D eigenvalue weighted by Crippen LogP contribution is 2.13. The van der Waals surface area contributed by atoms with E-state index >= 15 is 0 Å². The molecule has 0 aliphatic carbocycles. The van der Waals surface area contributed by atoms with Crippen LogP contribution in [0.2, 0.25) is 0 Å². The molecule has 80 valence electrons. The monoisotopic (exact) mass is 207 g/mol. The summed E-state index contributed by atoms with van der Waals surface area (Å²) in [5.41, 5.74) is 6.19. The van der Waals surface area contributed by atoms with Crippen molar-refractivity contribution in [3.63, 3.8) is 0 Å². The van der Waals surface area contributed by atoms with E-state index in [0.29, 0.717) is 18.0 Å². The van der Waals surface area contributed by atoms with Gasteiger partial charge in [-0.05, 0) is 12.1 Å². The van der Waals surface area contributed by atoms with Gasteiger partial charge in [0.05, 0.1) is 0 Å². The fourth-order valence-electron chi connectivity index (χ4n) is 0.965. The van der Waals surface area contributed by atoms with E-state index in [2.05, 4.69) is 6.58 Å². The Bertz CT molecular complexity index is 349. The van der Waals surface area contributed by atoms with Crippen molar-refractivity contribution in [3.05, 3.63) is 36.9 Å². The van der Waals surface area contributed by atoms with E-state index < -0.39 is 5.97 Å². The minimum atomic E-state index is -0.453. The summed E-state index contributed by atoms with van der Waals surface area (Å²) in [7, 11) is 0. The summed E-state index contributed by atoms with van der Waals surface area (Å²) >= 11 is 0. The largest absolute Gasteiger partial charge is 0.490 e. The molecule has 1 rings (SSSR count). The number of hydrogen-bond donors (Lipinski definition) is 1. The summed E-state index contributed by atoms with van der Waals surface area (Å²) in [5, 5.41) is 0. The van der Waals surface area contributed by atoms with Crippen LogP contribution in [-0.4, -0.2) is 19.2 Å². The quantitative estimate of drug-likeness (QED) is 0.343. The van der Waals surface area contributed by atoms with Gasteiger partial charge >= 0.3 is 5.97 Å². The Morgan fingerprint density at radius 3 is 2.93 bits per heavy atom. The second-order valence-electron chi connectivity index (χ2n) is 2.79. The van der Waals surface area contributed by atoms with Gasteiger partial charge in [-0.2, -0.15) is 0 Å². The number of carbonyl (C=O) groups excluding carboxylic acids is 1. The van der Waals surface area contributed by atoms with Crippen molar-refractivity contribution in [2.75, 3.05) is 18.9 Å². The molecule has 0 atom stereocenters. The lowest BCUT2D eigenvalue weighted by Gasteiger charge is -2.06. The van der Waals surface area contributed by atoms with Crippen LogP contribution in [0, 0.1) is 0 Å². The third-order valence-electron chi connectivity index (χ3n) is 1.62. The lowest BCUT2D eigenvalue weighted by atomic mass is 10.3. The number of hydrogen-bond acceptors (Lipinski definition) is 4. The van der Waals surface area contributed by atoms with Crippen molar-refractivity contribution in [2.24, 2.45) is 0 Å². The zero-order valence-corrected chi connectivity index (χ0v) is 8.31. The van der Waals surface area contributed by atoms with Gasteiger partial charge in [-0.25, -0.2) is 4.79 Å². The molecule has 0 radical (unpaired) electrons. The topological polar surface area (TPSA) is 61.5 Å². The van der Waals surface area contributed by atoms with Gasteiger partial charge in [0.1, 0.15) is 19.0 Å². The number of esters is 1. The standard InChI is InChI=1S/C11H13NO3/c1-2-11(13)15-7-6-14-10-5-3-4-9(12)8-10/h2-5,8H,1,6-7,12H2. The van der Waals surface area contributed by atoms with E-state index in [1.54, 1.807) is 24.3 Å². The molecular formula is C11H13NO3. The van der Waals surface area contributed by atoms with Gasteiger partial charge in [0.15, 0.2) is 0 Å². The summed E-state index contributed by atoms with van der Waals surface area (Å²) in [6.07, 6.45) is 1.11. The van der Waals surface area contributed by atoms with E-state index in [1.807, 2.05) is 0 Å². The summed E-state index contributed by atoms with van der Waals surface area (Å²) in [6.45, 7) is 3.77. The Labute approximate surface area is 88.3 Å². The van der Waals surface area contributed by atoms with Crippen LogP contribution in [0.4, 0.5) is 5.69 Å². The first-order chi connectivity index (χ1) is 7.22. The highest BCUT2D eigenvalue weighted by Gasteiger charge is 1.96. The predicted octanol–water partition coefficient (Wildman–Crippen LogP) is 1.38. The van der Waals surface area contributed by atoms with Crippen molar-refractivity contribution in [2.45, 2.75) is 0 Å². The van der Waals surface area contributed by atoms with Gasteiger partial charge in [-0.1, -0.05) is 12.6 Å². The van der Waals surface area contributed by atoms with Gasteiger partial charge in [0, 0.05) is 17.8 Å². The Balaban J connectivity index is 2.26. The molecule has 0 fully saturated rings. The van der Waals surface area contributed by atoms with Gasteiger partial charge in [-0.15, -0.1) is 0 Å². The number of ether oxygens (including phenoxy) is 2. The Morgan fingerprint density at radius 1 is 1.47 bits per heavy atom.